The van der Waals surface area contributed by atoms with Gasteiger partial charge in [-0.25, -0.2) is 4.98 Å². The fraction of sp³-hybridized carbons (Fsp3) is 0.343. The first-order chi connectivity index (χ1) is 21.4. The summed E-state index contributed by atoms with van der Waals surface area (Å²) in [6.45, 7) is 7.52. The Balaban J connectivity index is 1.79. The fourth-order valence-corrected chi connectivity index (χ4v) is 6.81. The van der Waals surface area contributed by atoms with Crippen LogP contribution < -0.4 is 5.56 Å². The van der Waals surface area contributed by atoms with E-state index < -0.39 is 24.5 Å². The number of halogens is 4. The number of nitrogens with zero attached hydrogens (tertiary/aromatic N) is 3. The first kappa shape index (κ1) is 32.7. The minimum Gasteiger partial charge on any atom is -0.338 e. The Morgan fingerprint density at radius 1 is 1.09 bits per heavy atom. The van der Waals surface area contributed by atoms with Gasteiger partial charge in [0.1, 0.15) is 5.01 Å². The van der Waals surface area contributed by atoms with Gasteiger partial charge in [0, 0.05) is 29.1 Å². The smallest absolute Gasteiger partial charge is 0.338 e. The predicted octanol–water partition coefficient (Wildman–Crippen LogP) is 9.24. The SMILES string of the molecule is CCc1cccc(CC)c1-n1c(C=C(C)C)c(C(=O)N2CCCC(C(F)(F)F)C2)cc(-c2nc(-c3ccc(Cl)cc3)cs2)c1=O. The molecule has 2 aromatic heterocycles. The maximum absolute atomic E-state index is 14.6. The van der Waals surface area contributed by atoms with Gasteiger partial charge in [0.15, 0.2) is 0 Å². The largest absolute Gasteiger partial charge is 0.393 e. The number of carbonyl (C=O) groups is 1. The summed E-state index contributed by atoms with van der Waals surface area (Å²) < 4.78 is 42.9. The highest BCUT2D eigenvalue weighted by Gasteiger charge is 2.43. The van der Waals surface area contributed by atoms with E-state index in [0.29, 0.717) is 39.9 Å². The Morgan fingerprint density at radius 2 is 1.76 bits per heavy atom. The van der Waals surface area contributed by atoms with Crippen LogP contribution in [0.2, 0.25) is 5.02 Å². The highest BCUT2D eigenvalue weighted by molar-refractivity contribution is 7.13. The molecule has 5 rings (SSSR count). The normalized spacial score (nSPS) is 15.3. The van der Waals surface area contributed by atoms with Gasteiger partial charge in [0.2, 0.25) is 0 Å². The number of carbonyl (C=O) groups excluding carboxylic acids is 1. The van der Waals surface area contributed by atoms with E-state index in [1.165, 1.54) is 22.3 Å². The number of benzene rings is 2. The van der Waals surface area contributed by atoms with Crippen LogP contribution in [0.5, 0.6) is 0 Å². The fourth-order valence-electron chi connectivity index (χ4n) is 5.84. The van der Waals surface area contributed by atoms with E-state index in [-0.39, 0.29) is 36.1 Å². The summed E-state index contributed by atoms with van der Waals surface area (Å²) in [6, 6.07) is 14.6. The molecule has 0 bridgehead atoms. The average Bonchev–Trinajstić information content (AvgIpc) is 3.50. The van der Waals surface area contributed by atoms with Crippen LogP contribution in [0.1, 0.15) is 67.7 Å². The quantitative estimate of drug-likeness (QED) is 0.200. The zero-order valence-corrected chi connectivity index (χ0v) is 27.2. The maximum atomic E-state index is 14.6. The van der Waals surface area contributed by atoms with Gasteiger partial charge in [0.05, 0.1) is 34.1 Å². The molecule has 1 amide bonds. The summed E-state index contributed by atoms with van der Waals surface area (Å²) in [4.78, 5) is 35.0. The standard InChI is InChI=1S/C35H35ClF3N3O2S/c1-5-22-9-7-10-23(6-2)31(22)42-30(17-21(3)4)27(33(43)41-16-8-11-25(19-41)35(37,38)39)18-28(34(42)44)32-40-29(20-45-32)24-12-14-26(36)15-13-24/h7,9-10,12-15,17-18,20,25H,5-6,8,11,16,19H2,1-4H3. The van der Waals surface area contributed by atoms with Crippen molar-refractivity contribution < 1.29 is 18.0 Å². The molecule has 2 aromatic carbocycles. The Bertz CT molecular complexity index is 1780. The number of amides is 1. The molecule has 1 saturated heterocycles. The van der Waals surface area contributed by atoms with Crippen molar-refractivity contribution in [3.63, 3.8) is 0 Å². The van der Waals surface area contributed by atoms with E-state index in [1.807, 2.05) is 63.4 Å². The number of piperidine rings is 1. The van der Waals surface area contributed by atoms with Gasteiger partial charge < -0.3 is 4.90 Å². The summed E-state index contributed by atoms with van der Waals surface area (Å²) in [5.74, 6) is -2.13. The second-order valence-corrected chi connectivity index (χ2v) is 12.8. The third-order valence-corrected chi connectivity index (χ3v) is 9.26. The number of hydrogen-bond acceptors (Lipinski definition) is 4. The second kappa shape index (κ2) is 13.3. The van der Waals surface area contributed by atoms with Crippen molar-refractivity contribution in [3.8, 4) is 27.5 Å². The van der Waals surface area contributed by atoms with Gasteiger partial charge in [-0.05, 0) is 74.9 Å². The van der Waals surface area contributed by atoms with Crippen LogP contribution in [-0.2, 0) is 12.8 Å². The summed E-state index contributed by atoms with van der Waals surface area (Å²) in [5, 5.41) is 2.83. The van der Waals surface area contributed by atoms with Crippen LogP contribution in [0.3, 0.4) is 0 Å². The molecule has 3 heterocycles. The number of para-hydroxylation sites is 1. The van der Waals surface area contributed by atoms with Gasteiger partial charge in [-0.2, -0.15) is 13.2 Å². The van der Waals surface area contributed by atoms with Crippen molar-refractivity contribution in [3.05, 3.63) is 97.2 Å². The molecule has 1 atom stereocenters. The van der Waals surface area contributed by atoms with E-state index in [2.05, 4.69) is 0 Å². The molecule has 0 spiro atoms. The summed E-state index contributed by atoms with van der Waals surface area (Å²) >= 11 is 7.35. The Labute approximate surface area is 270 Å². The van der Waals surface area contributed by atoms with Crippen LogP contribution in [-0.4, -0.2) is 39.6 Å². The van der Waals surface area contributed by atoms with E-state index in [4.69, 9.17) is 16.6 Å². The Hall–Kier alpha value is -3.69. The molecule has 0 saturated carbocycles. The molecule has 4 aromatic rings. The third-order valence-electron chi connectivity index (χ3n) is 8.13. The average molecular weight is 654 g/mol. The molecule has 10 heteroatoms. The molecule has 1 unspecified atom stereocenters. The lowest BCUT2D eigenvalue weighted by Crippen LogP contribution is -2.45. The zero-order valence-electron chi connectivity index (χ0n) is 25.7. The molecule has 1 aliphatic heterocycles. The van der Waals surface area contributed by atoms with Crippen molar-refractivity contribution in [2.45, 2.75) is 59.6 Å². The first-order valence-electron chi connectivity index (χ1n) is 15.1. The molecule has 0 N–H and O–H groups in total. The molecule has 1 fully saturated rings. The molecular weight excluding hydrogens is 619 g/mol. The first-order valence-corrected chi connectivity index (χ1v) is 16.3. The lowest BCUT2D eigenvalue weighted by Gasteiger charge is -2.34. The van der Waals surface area contributed by atoms with Crippen molar-refractivity contribution in [1.29, 1.82) is 0 Å². The molecule has 5 nitrogen and oxygen atoms in total. The Kier molecular flexibility index (Phi) is 9.70. The van der Waals surface area contributed by atoms with Crippen molar-refractivity contribution >= 4 is 34.9 Å². The van der Waals surface area contributed by atoms with Crippen LogP contribution in [0.25, 0.3) is 33.6 Å². The highest BCUT2D eigenvalue weighted by atomic mass is 35.5. The van der Waals surface area contributed by atoms with Gasteiger partial charge >= 0.3 is 6.18 Å². The van der Waals surface area contributed by atoms with E-state index in [9.17, 15) is 22.8 Å². The Morgan fingerprint density at radius 3 is 2.36 bits per heavy atom. The van der Waals surface area contributed by atoms with E-state index in [1.54, 1.807) is 22.8 Å². The van der Waals surface area contributed by atoms with Gasteiger partial charge in [-0.1, -0.05) is 61.4 Å². The third kappa shape index (κ3) is 6.79. The number of likely N-dealkylation sites (tertiary alicyclic amines) is 1. The minimum atomic E-state index is -4.40. The van der Waals surface area contributed by atoms with Gasteiger partial charge in [0.25, 0.3) is 11.5 Å². The number of aromatic nitrogens is 2. The predicted molar refractivity (Wildman–Crippen MR) is 176 cm³/mol. The minimum absolute atomic E-state index is 0.0187. The lowest BCUT2D eigenvalue weighted by atomic mass is 9.96. The number of hydrogen-bond donors (Lipinski definition) is 0. The zero-order chi connectivity index (χ0) is 32.5. The van der Waals surface area contributed by atoms with Crippen LogP contribution >= 0.6 is 22.9 Å². The lowest BCUT2D eigenvalue weighted by molar-refractivity contribution is -0.184. The number of allylic oxidation sites excluding steroid dienone is 1. The van der Waals surface area contributed by atoms with Crippen molar-refractivity contribution in [1.82, 2.24) is 14.5 Å². The topological polar surface area (TPSA) is 55.2 Å². The van der Waals surface area contributed by atoms with Crippen molar-refractivity contribution in [2.24, 2.45) is 5.92 Å². The van der Waals surface area contributed by atoms with Crippen LogP contribution in [0, 0.1) is 5.92 Å². The molecule has 0 aliphatic carbocycles. The van der Waals surface area contributed by atoms with E-state index in [0.717, 1.165) is 22.3 Å². The molecule has 236 valence electrons. The second-order valence-electron chi connectivity index (χ2n) is 11.5. The molecule has 45 heavy (non-hydrogen) atoms. The van der Waals surface area contributed by atoms with Crippen LogP contribution in [0.15, 0.2) is 64.3 Å². The summed E-state index contributed by atoms with van der Waals surface area (Å²) in [7, 11) is 0. The number of alkyl halides is 3. The maximum Gasteiger partial charge on any atom is 0.393 e. The number of aryl methyl sites for hydroxylation is 2. The highest BCUT2D eigenvalue weighted by Crippen LogP contribution is 2.35. The van der Waals surface area contributed by atoms with Crippen molar-refractivity contribution in [2.75, 3.05) is 13.1 Å². The molecule has 1 aliphatic rings. The van der Waals surface area contributed by atoms with Crippen LogP contribution in [0.4, 0.5) is 13.2 Å². The van der Waals surface area contributed by atoms with Gasteiger partial charge in [-0.3, -0.25) is 14.2 Å². The number of rotatable bonds is 7. The monoisotopic (exact) mass is 653 g/mol. The van der Waals surface area contributed by atoms with E-state index >= 15 is 0 Å². The van der Waals surface area contributed by atoms with Gasteiger partial charge in [-0.15, -0.1) is 11.3 Å². The number of pyridine rings is 1. The summed E-state index contributed by atoms with van der Waals surface area (Å²) in [5.41, 5.74) is 5.23. The molecule has 0 radical (unpaired) electrons. The number of thiazole rings is 1. The summed E-state index contributed by atoms with van der Waals surface area (Å²) in [6.07, 6.45) is -1.13. The molecular formula is C35H35ClF3N3O2S.